The molecule has 1 aliphatic rings. The molecule has 6 nitrogen and oxygen atoms in total. The number of amides is 2. The van der Waals surface area contributed by atoms with Gasteiger partial charge in [0.15, 0.2) is 11.5 Å². The van der Waals surface area contributed by atoms with Gasteiger partial charge in [-0.1, -0.05) is 37.3 Å². The largest absolute Gasteiger partial charge is 0.486 e. The molecule has 1 heterocycles. The van der Waals surface area contributed by atoms with E-state index in [0.717, 1.165) is 34.6 Å². The minimum Gasteiger partial charge on any atom is -0.486 e. The van der Waals surface area contributed by atoms with Crippen molar-refractivity contribution < 1.29 is 19.1 Å². The molecule has 6 heteroatoms. The Bertz CT molecular complexity index is 943. The van der Waals surface area contributed by atoms with E-state index in [0.29, 0.717) is 32.6 Å². The minimum atomic E-state index is -0.559. The van der Waals surface area contributed by atoms with Gasteiger partial charge in [0.25, 0.3) is 0 Å². The van der Waals surface area contributed by atoms with E-state index < -0.39 is 6.04 Å². The molecule has 0 fully saturated rings. The Balaban J connectivity index is 1.73. The molecule has 3 rings (SSSR count). The highest BCUT2D eigenvalue weighted by Gasteiger charge is 2.27. The van der Waals surface area contributed by atoms with Gasteiger partial charge in [-0.15, -0.1) is 0 Å². The molecule has 2 aromatic rings. The zero-order chi connectivity index (χ0) is 23.1. The first kappa shape index (κ1) is 23.6. The Morgan fingerprint density at radius 1 is 1.06 bits per heavy atom. The lowest BCUT2D eigenvalue weighted by Crippen LogP contribution is -2.49. The Labute approximate surface area is 190 Å². The average Bonchev–Trinajstić information content (AvgIpc) is 2.81. The Morgan fingerprint density at radius 2 is 1.78 bits per heavy atom. The second-order valence-corrected chi connectivity index (χ2v) is 8.42. The second kappa shape index (κ2) is 11.0. The van der Waals surface area contributed by atoms with Crippen LogP contribution in [0.4, 0.5) is 0 Å². The quantitative estimate of drug-likeness (QED) is 0.642. The number of fused-ring (bicyclic) bond motifs is 1. The zero-order valence-corrected chi connectivity index (χ0v) is 19.5. The van der Waals surface area contributed by atoms with Crippen molar-refractivity contribution in [1.82, 2.24) is 10.2 Å². The second-order valence-electron chi connectivity index (χ2n) is 8.42. The highest BCUT2D eigenvalue weighted by atomic mass is 16.6. The molecule has 1 N–H and O–H groups in total. The Morgan fingerprint density at radius 3 is 2.50 bits per heavy atom. The normalized spacial score (nSPS) is 14.4. The summed E-state index contributed by atoms with van der Waals surface area (Å²) < 4.78 is 11.2. The van der Waals surface area contributed by atoms with Crippen LogP contribution in [0.5, 0.6) is 11.5 Å². The monoisotopic (exact) mass is 438 g/mol. The summed E-state index contributed by atoms with van der Waals surface area (Å²) in [6.07, 6.45) is 1.72. The summed E-state index contributed by atoms with van der Waals surface area (Å²) in [6.45, 7) is 9.31. The maximum atomic E-state index is 13.3. The van der Waals surface area contributed by atoms with Crippen LogP contribution in [0.25, 0.3) is 0 Å². The van der Waals surface area contributed by atoms with Gasteiger partial charge >= 0.3 is 0 Å². The van der Waals surface area contributed by atoms with Crippen LogP contribution in [0, 0.1) is 6.92 Å². The topological polar surface area (TPSA) is 67.9 Å². The summed E-state index contributed by atoms with van der Waals surface area (Å²) in [7, 11) is 0. The van der Waals surface area contributed by atoms with Crippen LogP contribution < -0.4 is 14.8 Å². The van der Waals surface area contributed by atoms with Crippen molar-refractivity contribution >= 4 is 11.8 Å². The van der Waals surface area contributed by atoms with Crippen LogP contribution in [0.1, 0.15) is 50.3 Å². The van der Waals surface area contributed by atoms with E-state index in [2.05, 4.69) is 5.32 Å². The number of nitrogens with one attached hydrogen (secondary N) is 1. The SMILES string of the molecule is CC[C@@H](C)NC(=O)[C@@H](C)N(Cc1ccccc1C)C(=O)CCc1ccc2c(c1)OCCO2. The summed E-state index contributed by atoms with van der Waals surface area (Å²) >= 11 is 0. The molecule has 1 aliphatic heterocycles. The zero-order valence-electron chi connectivity index (χ0n) is 19.5. The third-order valence-electron chi connectivity index (χ3n) is 6.00. The highest BCUT2D eigenvalue weighted by molar-refractivity contribution is 5.87. The Kier molecular flexibility index (Phi) is 8.14. The van der Waals surface area contributed by atoms with Gasteiger partial charge in [0.05, 0.1) is 0 Å². The summed E-state index contributed by atoms with van der Waals surface area (Å²) in [6, 6.07) is 13.3. The van der Waals surface area contributed by atoms with E-state index in [4.69, 9.17) is 9.47 Å². The molecule has 2 atom stereocenters. The van der Waals surface area contributed by atoms with Gasteiger partial charge in [0.1, 0.15) is 19.3 Å². The van der Waals surface area contributed by atoms with Crippen LogP contribution >= 0.6 is 0 Å². The molecule has 0 unspecified atom stereocenters. The maximum absolute atomic E-state index is 13.3. The molecule has 0 aromatic heterocycles. The van der Waals surface area contributed by atoms with Crippen LogP contribution in [0.3, 0.4) is 0 Å². The lowest BCUT2D eigenvalue weighted by Gasteiger charge is -2.30. The van der Waals surface area contributed by atoms with Crippen LogP contribution in [-0.2, 0) is 22.6 Å². The lowest BCUT2D eigenvalue weighted by molar-refractivity contribution is -0.140. The molecule has 2 aromatic carbocycles. The predicted octanol–water partition coefficient (Wildman–Crippen LogP) is 4.03. The summed E-state index contributed by atoms with van der Waals surface area (Å²) in [5.74, 6) is 1.29. The van der Waals surface area contributed by atoms with E-state index in [1.807, 2.05) is 63.2 Å². The number of benzene rings is 2. The molecule has 0 radical (unpaired) electrons. The fourth-order valence-electron chi connectivity index (χ4n) is 3.66. The third kappa shape index (κ3) is 6.02. The number of carbonyl (C=O) groups excluding carboxylic acids is 2. The first-order valence-electron chi connectivity index (χ1n) is 11.4. The van der Waals surface area contributed by atoms with Gasteiger partial charge in [-0.3, -0.25) is 9.59 Å². The van der Waals surface area contributed by atoms with Gasteiger partial charge in [0.2, 0.25) is 11.8 Å². The van der Waals surface area contributed by atoms with Gasteiger partial charge in [-0.2, -0.15) is 0 Å². The molecule has 172 valence electrons. The molecule has 0 bridgehead atoms. The van der Waals surface area contributed by atoms with Crippen molar-refractivity contribution in [2.24, 2.45) is 0 Å². The molecule has 0 saturated heterocycles. The number of rotatable bonds is 9. The number of hydrogen-bond acceptors (Lipinski definition) is 4. The number of hydrogen-bond donors (Lipinski definition) is 1. The molecular formula is C26H34N2O4. The van der Waals surface area contributed by atoms with E-state index >= 15 is 0 Å². The van der Waals surface area contributed by atoms with Crippen molar-refractivity contribution in [2.75, 3.05) is 13.2 Å². The Hall–Kier alpha value is -3.02. The third-order valence-corrected chi connectivity index (χ3v) is 6.00. The first-order valence-corrected chi connectivity index (χ1v) is 11.4. The molecule has 0 saturated carbocycles. The van der Waals surface area contributed by atoms with E-state index in [9.17, 15) is 9.59 Å². The molecule has 2 amide bonds. The molecular weight excluding hydrogens is 404 g/mol. The standard InChI is InChI=1S/C26H34N2O4/c1-5-19(3)27-26(30)20(4)28(17-22-9-7-6-8-18(22)2)25(29)13-11-21-10-12-23-24(16-21)32-15-14-31-23/h6-10,12,16,19-20H,5,11,13-15,17H2,1-4H3,(H,27,30)/t19-,20-/m1/s1. The number of aryl methyl sites for hydroxylation is 2. The van der Waals surface area contributed by atoms with Gasteiger partial charge in [0, 0.05) is 19.0 Å². The van der Waals surface area contributed by atoms with Crippen molar-refractivity contribution in [3.05, 3.63) is 59.2 Å². The van der Waals surface area contributed by atoms with Crippen molar-refractivity contribution in [3.63, 3.8) is 0 Å². The summed E-state index contributed by atoms with van der Waals surface area (Å²) in [4.78, 5) is 27.8. The van der Waals surface area contributed by atoms with Crippen molar-refractivity contribution in [1.29, 1.82) is 0 Å². The van der Waals surface area contributed by atoms with Crippen LogP contribution in [0.15, 0.2) is 42.5 Å². The van der Waals surface area contributed by atoms with Crippen molar-refractivity contribution in [3.8, 4) is 11.5 Å². The fraction of sp³-hybridized carbons (Fsp3) is 0.462. The smallest absolute Gasteiger partial charge is 0.242 e. The van der Waals surface area contributed by atoms with Gasteiger partial charge in [-0.25, -0.2) is 0 Å². The van der Waals surface area contributed by atoms with E-state index in [1.165, 1.54) is 0 Å². The summed E-state index contributed by atoms with van der Waals surface area (Å²) in [5.41, 5.74) is 3.16. The fourth-order valence-corrected chi connectivity index (χ4v) is 3.66. The maximum Gasteiger partial charge on any atom is 0.242 e. The van der Waals surface area contributed by atoms with Crippen LogP contribution in [-0.4, -0.2) is 42.0 Å². The minimum absolute atomic E-state index is 0.0463. The highest BCUT2D eigenvalue weighted by Crippen LogP contribution is 2.31. The number of carbonyl (C=O) groups is 2. The lowest BCUT2D eigenvalue weighted by atomic mass is 10.0. The van der Waals surface area contributed by atoms with E-state index in [1.54, 1.807) is 11.8 Å². The first-order chi connectivity index (χ1) is 15.4. The molecule has 32 heavy (non-hydrogen) atoms. The average molecular weight is 439 g/mol. The van der Waals surface area contributed by atoms with Crippen molar-refractivity contribution in [2.45, 2.75) is 65.6 Å². The molecule has 0 spiro atoms. The van der Waals surface area contributed by atoms with Gasteiger partial charge in [-0.05, 0) is 62.4 Å². The predicted molar refractivity (Wildman–Crippen MR) is 125 cm³/mol. The summed E-state index contributed by atoms with van der Waals surface area (Å²) in [5, 5.41) is 3.01. The molecule has 0 aliphatic carbocycles. The number of ether oxygens (including phenoxy) is 2. The van der Waals surface area contributed by atoms with E-state index in [-0.39, 0.29) is 17.9 Å². The van der Waals surface area contributed by atoms with Gasteiger partial charge < -0.3 is 19.7 Å². The number of nitrogens with zero attached hydrogens (tertiary/aromatic N) is 1. The van der Waals surface area contributed by atoms with Crippen LogP contribution in [0.2, 0.25) is 0 Å².